The van der Waals surface area contributed by atoms with Gasteiger partial charge in [0.1, 0.15) is 0 Å². The second kappa shape index (κ2) is 8.51. The average Bonchev–Trinajstić information content (AvgIpc) is 2.59. The first kappa shape index (κ1) is 16.5. The number of ether oxygens (including phenoxy) is 1. The first-order valence-corrected chi connectivity index (χ1v) is 7.54. The lowest BCUT2D eigenvalue weighted by Crippen LogP contribution is -2.52. The van der Waals surface area contributed by atoms with E-state index in [1.54, 1.807) is 16.9 Å². The van der Waals surface area contributed by atoms with Gasteiger partial charge in [0.2, 0.25) is 5.91 Å². The van der Waals surface area contributed by atoms with E-state index in [9.17, 15) is 9.59 Å². The zero-order chi connectivity index (χ0) is 15.8. The molecule has 1 fully saturated rings. The Bertz CT molecular complexity index is 485. The van der Waals surface area contributed by atoms with E-state index >= 15 is 0 Å². The predicted molar refractivity (Wildman–Crippen MR) is 83.7 cm³/mol. The molecule has 22 heavy (non-hydrogen) atoms. The minimum Gasteiger partial charge on any atom is -0.383 e. The number of nitrogens with one attached hydrogen (secondary N) is 1. The van der Waals surface area contributed by atoms with Crippen LogP contribution in [-0.2, 0) is 9.53 Å². The SMILES string of the molecule is COCCNCC(=O)N1CCN(C(=O)c2ccccc2)CC1. The summed E-state index contributed by atoms with van der Waals surface area (Å²) in [6.45, 7) is 3.90. The highest BCUT2D eigenvalue weighted by molar-refractivity contribution is 5.94. The fourth-order valence-corrected chi connectivity index (χ4v) is 2.40. The van der Waals surface area contributed by atoms with Gasteiger partial charge < -0.3 is 19.9 Å². The number of hydrogen-bond donors (Lipinski definition) is 1. The van der Waals surface area contributed by atoms with Gasteiger partial charge in [-0.25, -0.2) is 0 Å². The molecule has 120 valence electrons. The molecule has 6 heteroatoms. The largest absolute Gasteiger partial charge is 0.383 e. The van der Waals surface area contributed by atoms with E-state index in [0.29, 0.717) is 51.4 Å². The molecular formula is C16H23N3O3. The molecule has 1 saturated heterocycles. The lowest BCUT2D eigenvalue weighted by atomic mass is 10.2. The second-order valence-electron chi connectivity index (χ2n) is 5.21. The molecule has 1 N–H and O–H groups in total. The van der Waals surface area contributed by atoms with Crippen LogP contribution in [0.2, 0.25) is 0 Å². The van der Waals surface area contributed by atoms with Crippen LogP contribution in [-0.4, -0.2) is 74.6 Å². The third-order valence-electron chi connectivity index (χ3n) is 3.70. The molecule has 1 aliphatic rings. The predicted octanol–water partition coefficient (Wildman–Crippen LogP) is 0.207. The normalized spacial score (nSPS) is 15.0. The van der Waals surface area contributed by atoms with Crippen molar-refractivity contribution in [3.8, 4) is 0 Å². The minimum atomic E-state index is 0.0333. The molecule has 2 amide bonds. The van der Waals surface area contributed by atoms with Crippen molar-refractivity contribution in [1.29, 1.82) is 0 Å². The highest BCUT2D eigenvalue weighted by Gasteiger charge is 2.24. The van der Waals surface area contributed by atoms with Crippen LogP contribution in [0.4, 0.5) is 0 Å². The number of nitrogens with zero attached hydrogens (tertiary/aromatic N) is 2. The zero-order valence-electron chi connectivity index (χ0n) is 13.0. The monoisotopic (exact) mass is 305 g/mol. The van der Waals surface area contributed by atoms with E-state index < -0.39 is 0 Å². The second-order valence-corrected chi connectivity index (χ2v) is 5.21. The van der Waals surface area contributed by atoms with Crippen molar-refractivity contribution in [1.82, 2.24) is 15.1 Å². The van der Waals surface area contributed by atoms with Gasteiger partial charge in [0.25, 0.3) is 5.91 Å². The Labute approximate surface area is 131 Å². The molecular weight excluding hydrogens is 282 g/mol. The smallest absolute Gasteiger partial charge is 0.253 e. The summed E-state index contributed by atoms with van der Waals surface area (Å²) >= 11 is 0. The summed E-state index contributed by atoms with van der Waals surface area (Å²) in [7, 11) is 1.63. The standard InChI is InChI=1S/C16H23N3O3/c1-22-12-7-17-13-15(20)18-8-10-19(11-9-18)16(21)14-5-3-2-4-6-14/h2-6,17H,7-13H2,1H3. The lowest BCUT2D eigenvalue weighted by molar-refractivity contribution is -0.131. The molecule has 0 bridgehead atoms. The van der Waals surface area contributed by atoms with Crippen molar-refractivity contribution in [3.05, 3.63) is 35.9 Å². The van der Waals surface area contributed by atoms with Crippen LogP contribution in [0.3, 0.4) is 0 Å². The number of carbonyl (C=O) groups is 2. The maximum Gasteiger partial charge on any atom is 0.253 e. The van der Waals surface area contributed by atoms with Gasteiger partial charge in [-0.3, -0.25) is 9.59 Å². The Morgan fingerprint density at radius 3 is 2.36 bits per heavy atom. The number of hydrogen-bond acceptors (Lipinski definition) is 4. The van der Waals surface area contributed by atoms with Gasteiger partial charge in [0.15, 0.2) is 0 Å². The van der Waals surface area contributed by atoms with Gasteiger partial charge in [-0.2, -0.15) is 0 Å². The van der Waals surface area contributed by atoms with Gasteiger partial charge in [-0.05, 0) is 12.1 Å². The molecule has 0 radical (unpaired) electrons. The van der Waals surface area contributed by atoms with E-state index in [2.05, 4.69) is 5.32 Å². The summed E-state index contributed by atoms with van der Waals surface area (Å²) in [5, 5.41) is 3.05. The Balaban J connectivity index is 1.75. The summed E-state index contributed by atoms with van der Waals surface area (Å²) in [6.07, 6.45) is 0. The zero-order valence-corrected chi connectivity index (χ0v) is 13.0. The van der Waals surface area contributed by atoms with Gasteiger partial charge in [0, 0.05) is 45.4 Å². The van der Waals surface area contributed by atoms with Gasteiger partial charge in [0.05, 0.1) is 13.2 Å². The molecule has 0 aliphatic carbocycles. The highest BCUT2D eigenvalue weighted by atomic mass is 16.5. The maximum absolute atomic E-state index is 12.3. The summed E-state index contributed by atoms with van der Waals surface area (Å²) in [6, 6.07) is 9.25. The average molecular weight is 305 g/mol. The van der Waals surface area contributed by atoms with Crippen molar-refractivity contribution in [2.24, 2.45) is 0 Å². The van der Waals surface area contributed by atoms with Crippen molar-refractivity contribution < 1.29 is 14.3 Å². The summed E-state index contributed by atoms with van der Waals surface area (Å²) in [5.74, 6) is 0.105. The summed E-state index contributed by atoms with van der Waals surface area (Å²) in [5.41, 5.74) is 0.698. The van der Waals surface area contributed by atoms with E-state index in [-0.39, 0.29) is 11.8 Å². The minimum absolute atomic E-state index is 0.0333. The maximum atomic E-state index is 12.3. The molecule has 6 nitrogen and oxygen atoms in total. The Kier molecular flexibility index (Phi) is 6.36. The van der Waals surface area contributed by atoms with Crippen molar-refractivity contribution in [3.63, 3.8) is 0 Å². The molecule has 0 spiro atoms. The number of carbonyl (C=O) groups excluding carboxylic acids is 2. The molecule has 1 heterocycles. The van der Waals surface area contributed by atoms with E-state index in [0.717, 1.165) is 0 Å². The van der Waals surface area contributed by atoms with Crippen molar-refractivity contribution >= 4 is 11.8 Å². The van der Waals surface area contributed by atoms with Gasteiger partial charge in [-0.15, -0.1) is 0 Å². The number of amides is 2. The summed E-state index contributed by atoms with van der Waals surface area (Å²) in [4.78, 5) is 27.9. The fraction of sp³-hybridized carbons (Fsp3) is 0.500. The molecule has 0 unspecified atom stereocenters. The van der Waals surface area contributed by atoms with Crippen LogP contribution < -0.4 is 5.32 Å². The quantitative estimate of drug-likeness (QED) is 0.763. The summed E-state index contributed by atoms with van der Waals surface area (Å²) < 4.78 is 4.92. The molecule has 1 aliphatic heterocycles. The molecule has 0 atom stereocenters. The van der Waals surface area contributed by atoms with Crippen LogP contribution in [0, 0.1) is 0 Å². The molecule has 0 saturated carbocycles. The third kappa shape index (κ3) is 4.54. The van der Waals surface area contributed by atoms with Crippen LogP contribution >= 0.6 is 0 Å². The highest BCUT2D eigenvalue weighted by Crippen LogP contribution is 2.08. The number of piperazine rings is 1. The van der Waals surface area contributed by atoms with E-state index in [4.69, 9.17) is 4.74 Å². The molecule has 0 aromatic heterocycles. The fourth-order valence-electron chi connectivity index (χ4n) is 2.40. The van der Waals surface area contributed by atoms with Crippen LogP contribution in [0.15, 0.2) is 30.3 Å². The van der Waals surface area contributed by atoms with E-state index in [1.165, 1.54) is 0 Å². The number of rotatable bonds is 6. The first-order chi connectivity index (χ1) is 10.7. The van der Waals surface area contributed by atoms with Crippen molar-refractivity contribution in [2.45, 2.75) is 0 Å². The van der Waals surface area contributed by atoms with Crippen LogP contribution in [0.1, 0.15) is 10.4 Å². The van der Waals surface area contributed by atoms with Crippen molar-refractivity contribution in [2.75, 3.05) is 53.0 Å². The molecule has 1 aromatic carbocycles. The lowest BCUT2D eigenvalue weighted by Gasteiger charge is -2.35. The molecule has 1 aromatic rings. The van der Waals surface area contributed by atoms with Gasteiger partial charge >= 0.3 is 0 Å². The Hall–Kier alpha value is -1.92. The number of methoxy groups -OCH3 is 1. The number of benzene rings is 1. The van der Waals surface area contributed by atoms with Crippen LogP contribution in [0.25, 0.3) is 0 Å². The third-order valence-corrected chi connectivity index (χ3v) is 3.70. The van der Waals surface area contributed by atoms with E-state index in [1.807, 2.05) is 30.3 Å². The van der Waals surface area contributed by atoms with Crippen LogP contribution in [0.5, 0.6) is 0 Å². The molecule has 2 rings (SSSR count). The Morgan fingerprint density at radius 1 is 1.09 bits per heavy atom. The Morgan fingerprint density at radius 2 is 1.73 bits per heavy atom. The first-order valence-electron chi connectivity index (χ1n) is 7.54. The topological polar surface area (TPSA) is 61.9 Å². The van der Waals surface area contributed by atoms with Gasteiger partial charge in [-0.1, -0.05) is 18.2 Å².